The highest BCUT2D eigenvalue weighted by Crippen LogP contribution is 2.37. The molecule has 134 valence electrons. The number of rotatable bonds is 4. The number of hydrogen-bond donors (Lipinski definition) is 1. The van der Waals surface area contributed by atoms with Crippen molar-refractivity contribution < 1.29 is 9.59 Å². The Morgan fingerprint density at radius 3 is 2.60 bits per heavy atom. The number of Topliss-reactive ketones (excluding diaryl/α,β-unsaturated/α-hetero) is 1. The van der Waals surface area contributed by atoms with E-state index in [9.17, 15) is 9.59 Å². The summed E-state index contributed by atoms with van der Waals surface area (Å²) in [5, 5.41) is 3.45. The molecule has 1 spiro atoms. The van der Waals surface area contributed by atoms with Crippen LogP contribution in [0.1, 0.15) is 60.0 Å². The van der Waals surface area contributed by atoms with Gasteiger partial charge in [0.1, 0.15) is 0 Å². The number of nitrogens with one attached hydrogen (secondary N) is 1. The fraction of sp³-hybridized carbons (Fsp3) is 0.619. The zero-order valence-electron chi connectivity index (χ0n) is 15.0. The topological polar surface area (TPSA) is 49.4 Å². The van der Waals surface area contributed by atoms with E-state index in [1.54, 1.807) is 0 Å². The van der Waals surface area contributed by atoms with Crippen molar-refractivity contribution in [3.63, 3.8) is 0 Å². The van der Waals surface area contributed by atoms with E-state index in [-0.39, 0.29) is 11.7 Å². The second-order valence-corrected chi connectivity index (χ2v) is 8.07. The van der Waals surface area contributed by atoms with Gasteiger partial charge in [0.2, 0.25) is 5.91 Å². The van der Waals surface area contributed by atoms with Crippen LogP contribution in [0.5, 0.6) is 0 Å². The number of likely N-dealkylation sites (tertiary alicyclic amines) is 1. The Morgan fingerprint density at radius 2 is 1.84 bits per heavy atom. The van der Waals surface area contributed by atoms with Crippen molar-refractivity contribution >= 4 is 11.7 Å². The van der Waals surface area contributed by atoms with Crippen molar-refractivity contribution in [3.05, 3.63) is 34.9 Å². The van der Waals surface area contributed by atoms with Crippen LogP contribution in [0.4, 0.5) is 0 Å². The molecule has 2 heterocycles. The van der Waals surface area contributed by atoms with Gasteiger partial charge < -0.3 is 10.2 Å². The first-order valence-corrected chi connectivity index (χ1v) is 9.79. The third-order valence-corrected chi connectivity index (χ3v) is 6.50. The number of piperidine rings is 1. The van der Waals surface area contributed by atoms with E-state index in [0.717, 1.165) is 57.4 Å². The molecule has 4 heteroatoms. The van der Waals surface area contributed by atoms with Crippen LogP contribution >= 0.6 is 0 Å². The van der Waals surface area contributed by atoms with E-state index in [1.807, 2.05) is 17.0 Å². The van der Waals surface area contributed by atoms with Crippen LogP contribution in [0.2, 0.25) is 0 Å². The van der Waals surface area contributed by atoms with Crippen LogP contribution in [-0.4, -0.2) is 42.8 Å². The molecule has 0 radical (unpaired) electrons. The van der Waals surface area contributed by atoms with E-state index in [1.165, 1.54) is 24.0 Å². The molecule has 1 aromatic carbocycles. The molecule has 4 rings (SSSR count). The minimum absolute atomic E-state index is 0.108. The van der Waals surface area contributed by atoms with Gasteiger partial charge in [0, 0.05) is 38.0 Å². The van der Waals surface area contributed by atoms with Crippen molar-refractivity contribution in [2.45, 2.75) is 51.4 Å². The van der Waals surface area contributed by atoms with Gasteiger partial charge in [-0.2, -0.15) is 0 Å². The average Bonchev–Trinajstić information content (AvgIpc) is 3.29. The van der Waals surface area contributed by atoms with E-state index in [0.29, 0.717) is 18.3 Å². The van der Waals surface area contributed by atoms with Crippen LogP contribution in [0, 0.1) is 5.41 Å². The number of nitrogens with zero attached hydrogens (tertiary/aromatic N) is 1. The third-order valence-electron chi connectivity index (χ3n) is 6.50. The molecule has 1 aliphatic carbocycles. The lowest BCUT2D eigenvalue weighted by atomic mass is 9.78. The maximum Gasteiger partial charge on any atom is 0.223 e. The van der Waals surface area contributed by atoms with Crippen LogP contribution in [0.15, 0.2) is 18.2 Å². The molecule has 0 saturated carbocycles. The van der Waals surface area contributed by atoms with Crippen LogP contribution < -0.4 is 5.32 Å². The highest BCUT2D eigenvalue weighted by atomic mass is 16.2. The highest BCUT2D eigenvalue weighted by molar-refractivity contribution is 5.98. The van der Waals surface area contributed by atoms with Crippen molar-refractivity contribution in [1.82, 2.24) is 10.2 Å². The normalized spacial score (nSPS) is 21.5. The monoisotopic (exact) mass is 340 g/mol. The fourth-order valence-electron chi connectivity index (χ4n) is 4.72. The lowest BCUT2D eigenvalue weighted by molar-refractivity contribution is -0.133. The Balaban J connectivity index is 1.28. The standard InChI is InChI=1S/C21H28N2O2/c24-19(18-5-4-16-2-1-3-17(16)14-18)6-7-20(25)23-12-9-21(10-13-23)8-11-22-15-21/h4-5,14,22H,1-3,6-13,15H2. The smallest absolute Gasteiger partial charge is 0.223 e. The van der Waals surface area contributed by atoms with Crippen molar-refractivity contribution in [2.24, 2.45) is 5.41 Å². The Bertz CT molecular complexity index is 666. The van der Waals surface area contributed by atoms with Gasteiger partial charge in [0.05, 0.1) is 0 Å². The molecule has 0 bridgehead atoms. The zero-order valence-corrected chi connectivity index (χ0v) is 15.0. The van der Waals surface area contributed by atoms with Gasteiger partial charge in [-0.3, -0.25) is 9.59 Å². The maximum atomic E-state index is 12.5. The zero-order chi connectivity index (χ0) is 17.3. The lowest BCUT2D eigenvalue weighted by Crippen LogP contribution is -2.44. The van der Waals surface area contributed by atoms with Gasteiger partial charge >= 0.3 is 0 Å². The van der Waals surface area contributed by atoms with Gasteiger partial charge in [-0.1, -0.05) is 12.1 Å². The summed E-state index contributed by atoms with van der Waals surface area (Å²) in [6.45, 7) is 3.93. The van der Waals surface area contributed by atoms with Gasteiger partial charge in [-0.15, -0.1) is 0 Å². The van der Waals surface area contributed by atoms with E-state index < -0.39 is 0 Å². The molecular weight excluding hydrogens is 312 g/mol. The molecule has 1 N–H and O–H groups in total. The SMILES string of the molecule is O=C(CCC(=O)N1CCC2(CCNC2)CC1)c1ccc2c(c1)CCC2. The summed E-state index contributed by atoms with van der Waals surface area (Å²) in [6, 6.07) is 6.08. The van der Waals surface area contributed by atoms with E-state index >= 15 is 0 Å². The van der Waals surface area contributed by atoms with Gasteiger partial charge in [-0.25, -0.2) is 0 Å². The van der Waals surface area contributed by atoms with Crippen molar-refractivity contribution in [2.75, 3.05) is 26.2 Å². The molecule has 2 aliphatic heterocycles. The van der Waals surface area contributed by atoms with Gasteiger partial charge in [0.15, 0.2) is 5.78 Å². The molecule has 1 amide bonds. The molecule has 2 saturated heterocycles. The molecule has 2 fully saturated rings. The number of aryl methyl sites for hydroxylation is 2. The second-order valence-electron chi connectivity index (χ2n) is 8.07. The average molecular weight is 340 g/mol. The lowest BCUT2D eigenvalue weighted by Gasteiger charge is -2.39. The Morgan fingerprint density at radius 1 is 1.04 bits per heavy atom. The molecule has 3 aliphatic rings. The van der Waals surface area contributed by atoms with E-state index in [2.05, 4.69) is 11.4 Å². The molecule has 4 nitrogen and oxygen atoms in total. The van der Waals surface area contributed by atoms with Gasteiger partial charge in [0.25, 0.3) is 0 Å². The van der Waals surface area contributed by atoms with Gasteiger partial charge in [-0.05, 0) is 67.7 Å². The molecule has 0 atom stereocenters. The fourth-order valence-corrected chi connectivity index (χ4v) is 4.72. The summed E-state index contributed by atoms with van der Waals surface area (Å²) in [7, 11) is 0. The first-order chi connectivity index (χ1) is 12.2. The summed E-state index contributed by atoms with van der Waals surface area (Å²) in [6.07, 6.45) is 7.54. The predicted molar refractivity (Wildman–Crippen MR) is 97.8 cm³/mol. The van der Waals surface area contributed by atoms with Crippen LogP contribution in [0.3, 0.4) is 0 Å². The summed E-state index contributed by atoms with van der Waals surface area (Å²) in [5.41, 5.74) is 3.92. The summed E-state index contributed by atoms with van der Waals surface area (Å²) < 4.78 is 0. The number of carbonyl (C=O) groups is 2. The van der Waals surface area contributed by atoms with E-state index in [4.69, 9.17) is 0 Å². The minimum atomic E-state index is 0.108. The largest absolute Gasteiger partial charge is 0.343 e. The molecule has 1 aromatic rings. The Kier molecular flexibility index (Phi) is 4.63. The Hall–Kier alpha value is -1.68. The van der Waals surface area contributed by atoms with Crippen molar-refractivity contribution in [1.29, 1.82) is 0 Å². The molecule has 0 unspecified atom stereocenters. The number of ketones is 1. The number of benzene rings is 1. The number of fused-ring (bicyclic) bond motifs is 1. The maximum absolute atomic E-state index is 12.5. The summed E-state index contributed by atoms with van der Waals surface area (Å²) in [4.78, 5) is 26.9. The third kappa shape index (κ3) is 3.50. The van der Waals surface area contributed by atoms with Crippen LogP contribution in [0.25, 0.3) is 0 Å². The minimum Gasteiger partial charge on any atom is -0.343 e. The first-order valence-electron chi connectivity index (χ1n) is 9.79. The molecule has 0 aromatic heterocycles. The number of carbonyl (C=O) groups excluding carboxylic acids is 2. The summed E-state index contributed by atoms with van der Waals surface area (Å²) >= 11 is 0. The number of amides is 1. The Labute approximate surface area is 150 Å². The molecular formula is C21H28N2O2. The molecule has 25 heavy (non-hydrogen) atoms. The highest BCUT2D eigenvalue weighted by Gasteiger charge is 2.37. The predicted octanol–water partition coefficient (Wildman–Crippen LogP) is 2.74. The number of hydrogen-bond acceptors (Lipinski definition) is 3. The van der Waals surface area contributed by atoms with Crippen molar-refractivity contribution in [3.8, 4) is 0 Å². The summed E-state index contributed by atoms with van der Waals surface area (Å²) in [5.74, 6) is 0.256. The van der Waals surface area contributed by atoms with Crippen LogP contribution in [-0.2, 0) is 17.6 Å². The second kappa shape index (κ2) is 6.91. The first kappa shape index (κ1) is 16.8. The quantitative estimate of drug-likeness (QED) is 0.858.